The van der Waals surface area contributed by atoms with Gasteiger partial charge in [0.15, 0.2) is 11.5 Å². The smallest absolute Gasteiger partial charge is 0.251 e. The molecule has 7 rings (SSSR count). The van der Waals surface area contributed by atoms with E-state index in [1.165, 1.54) is 18.4 Å². The molecule has 7 heteroatoms. The van der Waals surface area contributed by atoms with Crippen LogP contribution in [0.2, 0.25) is 0 Å². The third-order valence-corrected chi connectivity index (χ3v) is 9.71. The van der Waals surface area contributed by atoms with Gasteiger partial charge >= 0.3 is 0 Å². The second-order valence-corrected chi connectivity index (χ2v) is 11.8. The number of aromatic hydroxyl groups is 1. The Morgan fingerprint density at radius 2 is 1.94 bits per heavy atom. The Balaban J connectivity index is 1.29. The number of rotatable bonds is 4. The van der Waals surface area contributed by atoms with Crippen LogP contribution in [-0.2, 0) is 11.8 Å². The summed E-state index contributed by atoms with van der Waals surface area (Å²) in [5.74, 6) is 1.26. The van der Waals surface area contributed by atoms with Gasteiger partial charge in [-0.2, -0.15) is 0 Å². The van der Waals surface area contributed by atoms with Crippen LogP contribution in [0.5, 0.6) is 11.5 Å². The van der Waals surface area contributed by atoms with Gasteiger partial charge in [0.05, 0.1) is 17.1 Å². The molecule has 3 aliphatic carbocycles. The van der Waals surface area contributed by atoms with E-state index in [1.54, 1.807) is 18.2 Å². The van der Waals surface area contributed by atoms with Crippen LogP contribution < -0.4 is 10.1 Å². The molecule has 2 aliphatic heterocycles. The number of benzene rings is 2. The van der Waals surface area contributed by atoms with Gasteiger partial charge in [-0.05, 0) is 86.9 Å². The summed E-state index contributed by atoms with van der Waals surface area (Å²) in [7, 11) is 0. The highest BCUT2D eigenvalue weighted by Crippen LogP contribution is 2.65. The first-order valence-electron chi connectivity index (χ1n) is 12.5. The van der Waals surface area contributed by atoms with Crippen LogP contribution in [0.1, 0.15) is 53.6 Å². The van der Waals surface area contributed by atoms with Crippen molar-refractivity contribution >= 4 is 21.8 Å². The number of aliphatic hydroxyl groups is 1. The average Bonchev–Trinajstić information content (AvgIpc) is 3.56. The van der Waals surface area contributed by atoms with E-state index in [0.717, 1.165) is 41.9 Å². The number of amides is 1. The van der Waals surface area contributed by atoms with Gasteiger partial charge in [0.2, 0.25) is 0 Å². The molecule has 178 valence electrons. The topological polar surface area (TPSA) is 82.0 Å². The number of halogens is 1. The number of hydrogen-bond acceptors (Lipinski definition) is 5. The van der Waals surface area contributed by atoms with Crippen molar-refractivity contribution in [1.82, 2.24) is 10.2 Å². The number of phenols is 1. The van der Waals surface area contributed by atoms with Crippen LogP contribution in [0.15, 0.2) is 40.9 Å². The van der Waals surface area contributed by atoms with Gasteiger partial charge in [-0.3, -0.25) is 9.69 Å². The first-order valence-corrected chi connectivity index (χ1v) is 13.2. The number of hydrogen-bond donors (Lipinski definition) is 3. The summed E-state index contributed by atoms with van der Waals surface area (Å²) < 4.78 is 7.45. The van der Waals surface area contributed by atoms with Crippen molar-refractivity contribution in [2.45, 2.75) is 67.7 Å². The van der Waals surface area contributed by atoms with Crippen molar-refractivity contribution in [2.24, 2.45) is 5.92 Å². The summed E-state index contributed by atoms with van der Waals surface area (Å²) in [6.45, 7) is 1.96. The zero-order valence-corrected chi connectivity index (χ0v) is 20.6. The van der Waals surface area contributed by atoms with E-state index >= 15 is 0 Å². The minimum Gasteiger partial charge on any atom is -0.504 e. The van der Waals surface area contributed by atoms with Gasteiger partial charge in [-0.15, -0.1) is 0 Å². The normalized spacial score (nSPS) is 35.4. The molecule has 3 fully saturated rings. The first-order chi connectivity index (χ1) is 16.4. The van der Waals surface area contributed by atoms with Crippen LogP contribution in [0, 0.1) is 5.92 Å². The van der Waals surface area contributed by atoms with Gasteiger partial charge in [0.25, 0.3) is 5.91 Å². The second-order valence-electron chi connectivity index (χ2n) is 10.9. The molecule has 5 aliphatic rings. The minimum atomic E-state index is -0.935. The molecule has 0 radical (unpaired) electrons. The van der Waals surface area contributed by atoms with Crippen molar-refractivity contribution in [3.05, 3.63) is 57.6 Å². The Labute approximate surface area is 207 Å². The summed E-state index contributed by atoms with van der Waals surface area (Å²) >= 11 is 3.42. The van der Waals surface area contributed by atoms with Crippen molar-refractivity contribution in [1.29, 1.82) is 0 Å². The molecule has 2 bridgehead atoms. The predicted molar refractivity (Wildman–Crippen MR) is 130 cm³/mol. The molecule has 2 aromatic rings. The Morgan fingerprint density at radius 1 is 1.15 bits per heavy atom. The molecule has 2 saturated carbocycles. The lowest BCUT2D eigenvalue weighted by Crippen LogP contribution is -2.78. The summed E-state index contributed by atoms with van der Waals surface area (Å²) in [5.41, 5.74) is 1.21. The number of nitrogens with one attached hydrogen (secondary N) is 1. The Hall–Kier alpha value is -2.09. The molecule has 6 nitrogen and oxygen atoms in total. The second kappa shape index (κ2) is 7.21. The van der Waals surface area contributed by atoms with E-state index in [4.69, 9.17) is 4.74 Å². The fourth-order valence-electron chi connectivity index (χ4n) is 7.48. The van der Waals surface area contributed by atoms with Crippen molar-refractivity contribution in [2.75, 3.05) is 13.1 Å². The zero-order chi connectivity index (χ0) is 23.2. The maximum Gasteiger partial charge on any atom is 0.251 e. The number of phenolic OH excluding ortho intramolecular Hbond substituents is 1. The monoisotopic (exact) mass is 526 g/mol. The fraction of sp³-hybridized carbons (Fsp3) is 0.519. The molecule has 34 heavy (non-hydrogen) atoms. The molecule has 3 N–H and O–H groups in total. The summed E-state index contributed by atoms with van der Waals surface area (Å²) in [6.07, 6.45) is 4.97. The molecule has 5 atom stereocenters. The number of carbonyl (C=O) groups excluding carboxylic acids is 1. The first kappa shape index (κ1) is 21.2. The Morgan fingerprint density at radius 3 is 2.71 bits per heavy atom. The highest BCUT2D eigenvalue weighted by atomic mass is 79.9. The molecule has 1 saturated heterocycles. The Kier molecular flexibility index (Phi) is 4.50. The van der Waals surface area contributed by atoms with Gasteiger partial charge in [0.1, 0.15) is 6.10 Å². The molecule has 0 unspecified atom stereocenters. The van der Waals surface area contributed by atoms with Crippen LogP contribution in [-0.4, -0.2) is 57.9 Å². The minimum absolute atomic E-state index is 0.0408. The fourth-order valence-corrected chi connectivity index (χ4v) is 7.75. The van der Waals surface area contributed by atoms with Crippen molar-refractivity contribution in [3.63, 3.8) is 0 Å². The van der Waals surface area contributed by atoms with Crippen LogP contribution in [0.4, 0.5) is 0 Å². The van der Waals surface area contributed by atoms with Gasteiger partial charge in [-0.25, -0.2) is 0 Å². The van der Waals surface area contributed by atoms with Gasteiger partial charge < -0.3 is 20.3 Å². The summed E-state index contributed by atoms with van der Waals surface area (Å²) in [6, 6.07) is 10.9. The van der Waals surface area contributed by atoms with E-state index in [1.807, 2.05) is 18.2 Å². The number of carbonyl (C=O) groups is 1. The van der Waals surface area contributed by atoms with Gasteiger partial charge in [-0.1, -0.05) is 22.0 Å². The molecular formula is C27H29BrN2O4. The maximum atomic E-state index is 13.1. The summed E-state index contributed by atoms with van der Waals surface area (Å²) in [4.78, 5) is 15.7. The maximum absolute atomic E-state index is 13.1. The largest absolute Gasteiger partial charge is 0.504 e. The average molecular weight is 527 g/mol. The molecular weight excluding hydrogens is 498 g/mol. The lowest BCUT2D eigenvalue weighted by atomic mass is 9.48. The van der Waals surface area contributed by atoms with E-state index in [-0.39, 0.29) is 23.7 Å². The number of ether oxygens (including phenoxy) is 1. The highest BCUT2D eigenvalue weighted by molar-refractivity contribution is 9.10. The lowest BCUT2D eigenvalue weighted by Gasteiger charge is -2.64. The summed E-state index contributed by atoms with van der Waals surface area (Å²) in [5, 5.41) is 26.4. The highest BCUT2D eigenvalue weighted by Gasteiger charge is 2.73. The van der Waals surface area contributed by atoms with Crippen molar-refractivity contribution < 1.29 is 19.7 Å². The Bertz CT molecular complexity index is 1180. The molecule has 2 heterocycles. The SMILES string of the molecule is O=[14C](N[C@@H]1CC[C@@]2(O)[C@H]3Cc4ccc(O)c5c4[C@@]2(CCN3CC2CC2)[C@H]1O5)c1ccc(Br)cc1. The number of piperidine rings is 1. The van der Waals surface area contributed by atoms with Crippen LogP contribution >= 0.6 is 15.9 Å². The standard InChI is InChI=1S/C27H29BrN2O4/c28-18-6-3-16(4-7-18)25(32)29-19-9-10-27(33)21-13-17-5-8-20(31)23-22(17)26(27,24(19)34-23)11-12-30(21)14-15-1-2-15/h3-8,15,19,21,24,31,33H,1-2,9-14H2,(H,29,32)/t19-,21-,24+,26+,27-/m1/s1/i25+2. The lowest BCUT2D eigenvalue weighted by molar-refractivity contribution is -0.191. The third-order valence-electron chi connectivity index (χ3n) is 9.19. The van der Waals surface area contributed by atoms with E-state index in [0.29, 0.717) is 24.2 Å². The third kappa shape index (κ3) is 2.78. The molecule has 0 aromatic heterocycles. The molecule has 2 aromatic carbocycles. The molecule has 1 spiro atoms. The van der Waals surface area contributed by atoms with E-state index < -0.39 is 17.1 Å². The van der Waals surface area contributed by atoms with Gasteiger partial charge in [0, 0.05) is 28.2 Å². The number of nitrogens with zero attached hydrogens (tertiary/aromatic N) is 1. The quantitative estimate of drug-likeness (QED) is 0.567. The van der Waals surface area contributed by atoms with E-state index in [2.05, 4.69) is 26.1 Å². The molecule has 1 amide bonds. The number of likely N-dealkylation sites (tertiary alicyclic amines) is 1. The predicted octanol–water partition coefficient (Wildman–Crippen LogP) is 3.52. The zero-order valence-electron chi connectivity index (χ0n) is 19.0. The van der Waals surface area contributed by atoms with Crippen LogP contribution in [0.25, 0.3) is 0 Å². The van der Waals surface area contributed by atoms with Crippen LogP contribution in [0.3, 0.4) is 0 Å². The van der Waals surface area contributed by atoms with Crippen molar-refractivity contribution in [3.8, 4) is 11.5 Å². The van der Waals surface area contributed by atoms with E-state index in [9.17, 15) is 15.0 Å².